The number of fused-ring (bicyclic) bond motifs is 1. The molecule has 0 atom stereocenters. The Hall–Kier alpha value is -3.94. The van der Waals surface area contributed by atoms with E-state index >= 15 is 0 Å². The molecule has 2 amide bonds. The SMILES string of the molecule is CC(=O)Nc1cccc(NC(=O)c2cc(-c3ccco3)nc3c2cnn3C(C)C)c1. The zero-order valence-electron chi connectivity index (χ0n) is 16.8. The summed E-state index contributed by atoms with van der Waals surface area (Å²) in [5.41, 5.74) is 2.75. The Labute approximate surface area is 172 Å². The number of anilines is 2. The molecule has 0 aliphatic carbocycles. The second-order valence-electron chi connectivity index (χ2n) is 7.17. The van der Waals surface area contributed by atoms with Gasteiger partial charge in [0.2, 0.25) is 5.91 Å². The number of benzene rings is 1. The van der Waals surface area contributed by atoms with Gasteiger partial charge in [-0.3, -0.25) is 9.59 Å². The third kappa shape index (κ3) is 3.80. The van der Waals surface area contributed by atoms with Gasteiger partial charge in [-0.25, -0.2) is 9.67 Å². The normalized spacial score (nSPS) is 11.1. The average molecular weight is 403 g/mol. The molecule has 4 rings (SSSR count). The number of hydrogen-bond acceptors (Lipinski definition) is 5. The number of nitrogens with one attached hydrogen (secondary N) is 2. The van der Waals surface area contributed by atoms with Gasteiger partial charge in [-0.15, -0.1) is 0 Å². The lowest BCUT2D eigenvalue weighted by atomic mass is 10.1. The molecule has 8 nitrogen and oxygen atoms in total. The average Bonchev–Trinajstić information content (AvgIpc) is 3.36. The molecule has 0 spiro atoms. The Morgan fingerprint density at radius 2 is 1.83 bits per heavy atom. The lowest BCUT2D eigenvalue weighted by Crippen LogP contribution is -2.14. The standard InChI is InChI=1S/C22H21N5O3/c1-13(2)27-21-18(12-23-27)17(11-19(26-21)20-8-5-9-30-20)22(29)25-16-7-4-6-15(10-16)24-14(3)28/h4-13H,1-3H3,(H,24,28)(H,25,29). The highest BCUT2D eigenvalue weighted by molar-refractivity contribution is 6.12. The van der Waals surface area contributed by atoms with E-state index in [2.05, 4.69) is 20.7 Å². The van der Waals surface area contributed by atoms with E-state index in [0.29, 0.717) is 39.4 Å². The van der Waals surface area contributed by atoms with Crippen molar-refractivity contribution in [2.75, 3.05) is 10.6 Å². The molecule has 8 heteroatoms. The van der Waals surface area contributed by atoms with Crippen molar-refractivity contribution >= 4 is 34.2 Å². The number of amides is 2. The minimum atomic E-state index is -0.307. The van der Waals surface area contributed by atoms with E-state index in [4.69, 9.17) is 4.42 Å². The fourth-order valence-electron chi connectivity index (χ4n) is 3.21. The summed E-state index contributed by atoms with van der Waals surface area (Å²) in [6.45, 7) is 5.43. The summed E-state index contributed by atoms with van der Waals surface area (Å²) in [5.74, 6) is 0.0760. The molecule has 3 aromatic heterocycles. The maximum absolute atomic E-state index is 13.2. The molecular formula is C22H21N5O3. The molecule has 0 fully saturated rings. The Kier molecular flexibility index (Phi) is 5.05. The van der Waals surface area contributed by atoms with Crippen molar-refractivity contribution < 1.29 is 14.0 Å². The first-order valence-corrected chi connectivity index (χ1v) is 9.53. The molecular weight excluding hydrogens is 382 g/mol. The van der Waals surface area contributed by atoms with E-state index in [1.54, 1.807) is 59.6 Å². The lowest BCUT2D eigenvalue weighted by molar-refractivity contribution is -0.114. The molecule has 0 radical (unpaired) electrons. The third-order valence-corrected chi connectivity index (χ3v) is 4.51. The number of pyridine rings is 1. The van der Waals surface area contributed by atoms with Crippen molar-refractivity contribution in [2.24, 2.45) is 0 Å². The van der Waals surface area contributed by atoms with Crippen LogP contribution in [0.1, 0.15) is 37.2 Å². The van der Waals surface area contributed by atoms with Gasteiger partial charge in [-0.2, -0.15) is 5.10 Å². The van der Waals surface area contributed by atoms with E-state index in [-0.39, 0.29) is 17.9 Å². The Morgan fingerprint density at radius 3 is 2.50 bits per heavy atom. The van der Waals surface area contributed by atoms with Crippen LogP contribution in [0.3, 0.4) is 0 Å². The smallest absolute Gasteiger partial charge is 0.256 e. The van der Waals surface area contributed by atoms with Crippen molar-refractivity contribution in [3.05, 3.63) is 60.5 Å². The van der Waals surface area contributed by atoms with Crippen LogP contribution in [0.5, 0.6) is 0 Å². The van der Waals surface area contributed by atoms with Crippen LogP contribution in [0, 0.1) is 0 Å². The Bertz CT molecular complexity index is 1230. The van der Waals surface area contributed by atoms with Crippen molar-refractivity contribution in [3.63, 3.8) is 0 Å². The monoisotopic (exact) mass is 403 g/mol. The molecule has 0 saturated carbocycles. The van der Waals surface area contributed by atoms with E-state index in [9.17, 15) is 9.59 Å². The fourth-order valence-corrected chi connectivity index (χ4v) is 3.21. The van der Waals surface area contributed by atoms with Crippen molar-refractivity contribution in [1.29, 1.82) is 0 Å². The summed E-state index contributed by atoms with van der Waals surface area (Å²) < 4.78 is 7.26. The van der Waals surface area contributed by atoms with Crippen LogP contribution >= 0.6 is 0 Å². The van der Waals surface area contributed by atoms with Gasteiger partial charge in [-0.1, -0.05) is 6.07 Å². The van der Waals surface area contributed by atoms with Gasteiger partial charge in [0.05, 0.1) is 23.4 Å². The number of carbonyl (C=O) groups excluding carboxylic acids is 2. The van der Waals surface area contributed by atoms with Crippen LogP contribution < -0.4 is 10.6 Å². The number of hydrogen-bond donors (Lipinski definition) is 2. The number of aromatic nitrogens is 3. The summed E-state index contributed by atoms with van der Waals surface area (Å²) in [6, 6.07) is 12.3. The molecule has 2 N–H and O–H groups in total. The summed E-state index contributed by atoms with van der Waals surface area (Å²) in [7, 11) is 0. The third-order valence-electron chi connectivity index (χ3n) is 4.51. The van der Waals surface area contributed by atoms with Gasteiger partial charge < -0.3 is 15.1 Å². The molecule has 3 heterocycles. The largest absolute Gasteiger partial charge is 0.463 e. The molecule has 1 aromatic carbocycles. The van der Waals surface area contributed by atoms with Crippen LogP contribution in [-0.2, 0) is 4.79 Å². The Balaban J connectivity index is 1.76. The van der Waals surface area contributed by atoms with Crippen molar-refractivity contribution in [3.8, 4) is 11.5 Å². The second-order valence-corrected chi connectivity index (χ2v) is 7.17. The maximum atomic E-state index is 13.2. The maximum Gasteiger partial charge on any atom is 0.256 e. The first-order valence-electron chi connectivity index (χ1n) is 9.53. The van der Waals surface area contributed by atoms with E-state index in [0.717, 1.165) is 0 Å². The number of nitrogens with zero attached hydrogens (tertiary/aromatic N) is 3. The molecule has 0 aliphatic rings. The van der Waals surface area contributed by atoms with Gasteiger partial charge in [0.25, 0.3) is 5.91 Å². The molecule has 0 bridgehead atoms. The quantitative estimate of drug-likeness (QED) is 0.511. The van der Waals surface area contributed by atoms with E-state index in [1.807, 2.05) is 13.8 Å². The highest BCUT2D eigenvalue weighted by atomic mass is 16.3. The van der Waals surface area contributed by atoms with Crippen LogP contribution in [0.4, 0.5) is 11.4 Å². The lowest BCUT2D eigenvalue weighted by Gasteiger charge is -2.11. The van der Waals surface area contributed by atoms with E-state index < -0.39 is 0 Å². The molecule has 152 valence electrons. The van der Waals surface area contributed by atoms with E-state index in [1.165, 1.54) is 6.92 Å². The van der Waals surface area contributed by atoms with Gasteiger partial charge in [0.1, 0.15) is 5.69 Å². The van der Waals surface area contributed by atoms with Gasteiger partial charge in [-0.05, 0) is 50.2 Å². The van der Waals surface area contributed by atoms with Crippen molar-refractivity contribution in [2.45, 2.75) is 26.8 Å². The fraction of sp³-hybridized carbons (Fsp3) is 0.182. The highest BCUT2D eigenvalue weighted by Crippen LogP contribution is 2.27. The predicted octanol–water partition coefficient (Wildman–Crippen LogP) is 4.48. The summed E-state index contributed by atoms with van der Waals surface area (Å²) in [5, 5.41) is 10.7. The number of furan rings is 1. The number of carbonyl (C=O) groups is 2. The summed E-state index contributed by atoms with van der Waals surface area (Å²) >= 11 is 0. The number of rotatable bonds is 5. The van der Waals surface area contributed by atoms with Gasteiger partial charge in [0.15, 0.2) is 11.4 Å². The van der Waals surface area contributed by atoms with Crippen LogP contribution in [0.2, 0.25) is 0 Å². The Morgan fingerprint density at radius 1 is 1.07 bits per heavy atom. The molecule has 30 heavy (non-hydrogen) atoms. The topological polar surface area (TPSA) is 102 Å². The summed E-state index contributed by atoms with van der Waals surface area (Å²) in [6.07, 6.45) is 3.21. The molecule has 0 saturated heterocycles. The predicted molar refractivity (Wildman–Crippen MR) is 114 cm³/mol. The van der Waals surface area contributed by atoms with Crippen molar-refractivity contribution in [1.82, 2.24) is 14.8 Å². The molecule has 4 aromatic rings. The van der Waals surface area contributed by atoms with Crippen LogP contribution in [0.15, 0.2) is 59.3 Å². The van der Waals surface area contributed by atoms with Gasteiger partial charge in [0, 0.05) is 24.3 Å². The molecule has 0 unspecified atom stereocenters. The van der Waals surface area contributed by atoms with Gasteiger partial charge >= 0.3 is 0 Å². The van der Waals surface area contributed by atoms with Crippen LogP contribution in [-0.4, -0.2) is 26.6 Å². The second kappa shape index (κ2) is 7.82. The minimum Gasteiger partial charge on any atom is -0.463 e. The minimum absolute atomic E-state index is 0.0760. The first-order chi connectivity index (χ1) is 14.4. The molecule has 0 aliphatic heterocycles. The zero-order chi connectivity index (χ0) is 21.3. The highest BCUT2D eigenvalue weighted by Gasteiger charge is 2.19. The first kappa shape index (κ1) is 19.4. The summed E-state index contributed by atoms with van der Waals surface area (Å²) in [4.78, 5) is 29.1. The van der Waals surface area contributed by atoms with Crippen LogP contribution in [0.25, 0.3) is 22.5 Å². The zero-order valence-corrected chi connectivity index (χ0v) is 16.8.